The van der Waals surface area contributed by atoms with E-state index in [4.69, 9.17) is 18.4 Å². The van der Waals surface area contributed by atoms with Gasteiger partial charge in [0.05, 0.1) is 24.7 Å². The second kappa shape index (κ2) is 13.4. The van der Waals surface area contributed by atoms with Crippen LogP contribution in [0.25, 0.3) is 0 Å². The number of carbonyl (C=O) groups is 2. The van der Waals surface area contributed by atoms with Crippen LogP contribution in [-0.4, -0.2) is 103 Å². The molecule has 0 aromatic heterocycles. The molecular formula is C30H46O16S2. The quantitative estimate of drug-likeness (QED) is 0.0879. The SMILES string of the molecule is C=C1[C@H]2CC[C@H]3[C@]4(C)C[C@H](O[C@H]5O[C@H](CO)[C@@H](OS(=O)(=O)O)[C@H](OS(=O)(=O)O)[C@H]5OC(=O)CC(C)C)C[C@@H](C(=O)O)[C@H]4CC[C@@]3(C2)[C@H]1O. The van der Waals surface area contributed by atoms with Crippen LogP contribution in [0.2, 0.25) is 0 Å². The molecule has 5 fully saturated rings. The number of carbonyl (C=O) groups excluding carboxylic acids is 1. The monoisotopic (exact) mass is 726 g/mol. The maximum atomic E-state index is 12.9. The predicted molar refractivity (Wildman–Crippen MR) is 162 cm³/mol. The smallest absolute Gasteiger partial charge is 0.397 e. The van der Waals surface area contributed by atoms with E-state index in [1.165, 1.54) is 0 Å². The van der Waals surface area contributed by atoms with Gasteiger partial charge in [-0.2, -0.15) is 16.8 Å². The van der Waals surface area contributed by atoms with Gasteiger partial charge in [-0.25, -0.2) is 8.37 Å². The van der Waals surface area contributed by atoms with Crippen molar-refractivity contribution in [3.05, 3.63) is 12.2 Å². The van der Waals surface area contributed by atoms with E-state index in [1.54, 1.807) is 13.8 Å². The highest BCUT2D eigenvalue weighted by Gasteiger charge is 2.67. The number of carboxylic acid groups (broad SMARTS) is 1. The molecule has 0 amide bonds. The summed E-state index contributed by atoms with van der Waals surface area (Å²) in [5, 5.41) is 32.0. The molecule has 0 aromatic rings. The van der Waals surface area contributed by atoms with Crippen molar-refractivity contribution in [2.75, 3.05) is 6.61 Å². The molecule has 2 bridgehead atoms. The minimum absolute atomic E-state index is 0.0156. The fourth-order valence-electron chi connectivity index (χ4n) is 9.82. The second-order valence-electron chi connectivity index (χ2n) is 14.8. The van der Waals surface area contributed by atoms with Crippen molar-refractivity contribution < 1.29 is 73.4 Å². The molecule has 0 unspecified atom stereocenters. The molecule has 48 heavy (non-hydrogen) atoms. The van der Waals surface area contributed by atoms with Crippen molar-refractivity contribution in [3.8, 4) is 0 Å². The van der Waals surface area contributed by atoms with Crippen LogP contribution in [0, 0.1) is 40.4 Å². The summed E-state index contributed by atoms with van der Waals surface area (Å²) in [7, 11) is -10.8. The van der Waals surface area contributed by atoms with Crippen molar-refractivity contribution in [3.63, 3.8) is 0 Å². The number of ether oxygens (including phenoxy) is 3. The van der Waals surface area contributed by atoms with Crippen LogP contribution in [0.1, 0.15) is 72.1 Å². The summed E-state index contributed by atoms with van der Waals surface area (Å²) in [5.74, 6) is -3.25. The summed E-state index contributed by atoms with van der Waals surface area (Å²) in [6.45, 7) is 8.52. The summed E-state index contributed by atoms with van der Waals surface area (Å²) in [4.78, 5) is 25.7. The number of carboxylic acids is 1. The van der Waals surface area contributed by atoms with Crippen molar-refractivity contribution >= 4 is 32.7 Å². The Labute approximate surface area is 280 Å². The zero-order valence-corrected chi connectivity index (χ0v) is 28.7. The van der Waals surface area contributed by atoms with Gasteiger partial charge in [0.25, 0.3) is 0 Å². The van der Waals surface area contributed by atoms with E-state index in [2.05, 4.69) is 10.8 Å². The highest BCUT2D eigenvalue weighted by Crippen LogP contribution is 2.70. The maximum absolute atomic E-state index is 12.9. The van der Waals surface area contributed by atoms with Gasteiger partial charge in [0, 0.05) is 11.8 Å². The molecule has 16 nitrogen and oxygen atoms in total. The largest absolute Gasteiger partial charge is 0.481 e. The van der Waals surface area contributed by atoms with Gasteiger partial charge in [0.1, 0.15) is 12.2 Å². The highest BCUT2D eigenvalue weighted by atomic mass is 32.3. The van der Waals surface area contributed by atoms with E-state index < -0.39 is 99.0 Å². The Kier molecular flexibility index (Phi) is 10.5. The molecule has 5 aliphatic rings. The van der Waals surface area contributed by atoms with E-state index in [1.807, 2.05) is 6.92 Å². The number of aliphatic hydroxyl groups excluding tert-OH is 2. The molecule has 1 saturated heterocycles. The van der Waals surface area contributed by atoms with Crippen LogP contribution in [0.15, 0.2) is 12.2 Å². The number of hydrogen-bond acceptors (Lipinski definition) is 13. The first-order valence-electron chi connectivity index (χ1n) is 16.2. The van der Waals surface area contributed by atoms with E-state index in [9.17, 15) is 50.8 Å². The van der Waals surface area contributed by atoms with Crippen LogP contribution >= 0.6 is 0 Å². The third kappa shape index (κ3) is 7.20. The summed E-state index contributed by atoms with van der Waals surface area (Å²) in [5.41, 5.74) is -0.319. The standard InChI is InChI=1S/C30H46O16S2/c1-14(2)9-22(32)44-25-24(46-48(39,40)41)23(45-47(36,37)38)20(13-31)43-28(25)42-17-10-18(27(34)35)19-7-8-30-11-16(15(3)26(30)33)5-6-21(30)29(19,4)12-17/h14,16-21,23-26,28,31,33H,3,5-13H2,1-2,4H3,(H,34,35)(H,36,37,38)(H,39,40,41)/t16-,17+,18+,19+,20+,21-,23+,24-,25+,26-,28-,29+,30-/m0/s1. The Morgan fingerprint density at radius 2 is 1.67 bits per heavy atom. The fourth-order valence-corrected chi connectivity index (χ4v) is 10.8. The Morgan fingerprint density at radius 3 is 2.25 bits per heavy atom. The number of fused-ring (bicyclic) bond motifs is 3. The highest BCUT2D eigenvalue weighted by molar-refractivity contribution is 7.81. The van der Waals surface area contributed by atoms with Crippen LogP contribution in [0.4, 0.5) is 0 Å². The van der Waals surface area contributed by atoms with Crippen LogP contribution in [0.3, 0.4) is 0 Å². The predicted octanol–water partition coefficient (Wildman–Crippen LogP) is 1.67. The maximum Gasteiger partial charge on any atom is 0.397 e. The number of hydrogen-bond donors (Lipinski definition) is 5. The molecule has 4 saturated carbocycles. The molecule has 4 aliphatic carbocycles. The zero-order valence-electron chi connectivity index (χ0n) is 27.0. The van der Waals surface area contributed by atoms with Gasteiger partial charge in [0.2, 0.25) is 0 Å². The van der Waals surface area contributed by atoms with Gasteiger partial charge in [-0.3, -0.25) is 18.7 Å². The summed E-state index contributed by atoms with van der Waals surface area (Å²) < 4.78 is 93.5. The van der Waals surface area contributed by atoms with Crippen LogP contribution in [0.5, 0.6) is 0 Å². The lowest BCUT2D eigenvalue weighted by Gasteiger charge is -2.62. The summed E-state index contributed by atoms with van der Waals surface area (Å²) >= 11 is 0. The average Bonchev–Trinajstić information content (AvgIpc) is 3.12. The first kappa shape index (κ1) is 37.5. The molecule has 5 rings (SSSR count). The van der Waals surface area contributed by atoms with Gasteiger partial charge in [-0.15, -0.1) is 0 Å². The second-order valence-corrected chi connectivity index (χ2v) is 16.9. The normalized spacial score (nSPS) is 43.0. The van der Waals surface area contributed by atoms with Gasteiger partial charge in [-0.05, 0) is 79.6 Å². The molecular weight excluding hydrogens is 680 g/mol. The van der Waals surface area contributed by atoms with Crippen LogP contribution < -0.4 is 0 Å². The number of esters is 1. The molecule has 0 radical (unpaired) electrons. The fraction of sp³-hybridized carbons (Fsp3) is 0.867. The van der Waals surface area contributed by atoms with Crippen LogP contribution in [-0.2, 0) is 53.0 Å². The van der Waals surface area contributed by atoms with Crippen molar-refractivity contribution in [2.45, 2.75) is 115 Å². The van der Waals surface area contributed by atoms with Gasteiger partial charge < -0.3 is 29.5 Å². The Hall–Kier alpha value is -1.74. The lowest BCUT2D eigenvalue weighted by Crippen LogP contribution is -2.64. The Bertz CT molecular complexity index is 1480. The first-order chi connectivity index (χ1) is 22.2. The molecule has 18 heteroatoms. The van der Waals surface area contributed by atoms with Crippen molar-refractivity contribution in [1.82, 2.24) is 0 Å². The number of aliphatic carboxylic acids is 1. The Morgan fingerprint density at radius 1 is 1.02 bits per heavy atom. The number of aliphatic hydroxyl groups is 2. The van der Waals surface area contributed by atoms with E-state index in [-0.39, 0.29) is 42.9 Å². The van der Waals surface area contributed by atoms with Gasteiger partial charge in [-0.1, -0.05) is 27.4 Å². The molecule has 1 aliphatic heterocycles. The molecule has 274 valence electrons. The third-order valence-corrected chi connectivity index (χ3v) is 12.4. The summed E-state index contributed by atoms with van der Waals surface area (Å²) in [6, 6.07) is 0. The van der Waals surface area contributed by atoms with Crippen molar-refractivity contribution in [1.29, 1.82) is 0 Å². The third-order valence-electron chi connectivity index (χ3n) is 11.5. The number of rotatable bonds is 11. The zero-order chi connectivity index (χ0) is 35.6. The lowest BCUT2D eigenvalue weighted by molar-refractivity contribution is -0.316. The van der Waals surface area contributed by atoms with E-state index in [0.717, 1.165) is 24.8 Å². The average molecular weight is 727 g/mol. The molecule has 1 spiro atoms. The molecule has 1 heterocycles. The molecule has 5 N–H and O–H groups in total. The first-order valence-corrected chi connectivity index (χ1v) is 18.9. The van der Waals surface area contributed by atoms with E-state index >= 15 is 0 Å². The topological polar surface area (TPSA) is 250 Å². The summed E-state index contributed by atoms with van der Waals surface area (Å²) in [6.07, 6.45) is -7.93. The lowest BCUT2D eigenvalue weighted by atomic mass is 9.43. The minimum atomic E-state index is -5.42. The van der Waals surface area contributed by atoms with E-state index in [0.29, 0.717) is 12.8 Å². The minimum Gasteiger partial charge on any atom is -0.481 e. The molecule has 0 aromatic carbocycles. The van der Waals surface area contributed by atoms with Gasteiger partial charge >= 0.3 is 32.7 Å². The van der Waals surface area contributed by atoms with Crippen molar-refractivity contribution in [2.24, 2.45) is 40.4 Å². The Balaban J connectivity index is 1.51. The van der Waals surface area contributed by atoms with Gasteiger partial charge in [0.15, 0.2) is 18.5 Å². The molecule has 13 atom stereocenters.